The van der Waals surface area contributed by atoms with Gasteiger partial charge in [-0.05, 0) is 30.0 Å². The topological polar surface area (TPSA) is 42.2 Å². The Balaban J connectivity index is 1.94. The largest absolute Gasteiger partial charge is 0.326 e. The van der Waals surface area contributed by atoms with E-state index in [4.69, 9.17) is 5.73 Å². The number of likely N-dealkylation sites (tertiary alicyclic amines) is 1. The fourth-order valence-electron chi connectivity index (χ4n) is 2.14. The molecule has 2 rings (SSSR count). The highest BCUT2D eigenvalue weighted by molar-refractivity contribution is 5.08. The molecule has 0 radical (unpaired) electrons. The number of rotatable bonds is 2. The average molecular weight is 219 g/mol. The van der Waals surface area contributed by atoms with Crippen molar-refractivity contribution in [3.63, 3.8) is 0 Å². The van der Waals surface area contributed by atoms with Gasteiger partial charge in [-0.2, -0.15) is 0 Å². The van der Waals surface area contributed by atoms with Crippen LogP contribution in [0.5, 0.6) is 0 Å². The van der Waals surface area contributed by atoms with Crippen molar-refractivity contribution in [1.29, 1.82) is 0 Å². The molecule has 88 valence electrons. The molecule has 0 aromatic carbocycles. The van der Waals surface area contributed by atoms with Gasteiger partial charge in [0.15, 0.2) is 0 Å². The third-order valence-corrected chi connectivity index (χ3v) is 3.66. The van der Waals surface area contributed by atoms with Gasteiger partial charge in [0.25, 0.3) is 0 Å². The van der Waals surface area contributed by atoms with Gasteiger partial charge in [0.05, 0.1) is 0 Å². The SMILES string of the molecule is CC1(C)CCN(Cc2cccnc2)CC1N. The molecule has 0 saturated carbocycles. The number of nitrogens with two attached hydrogens (primary N) is 1. The highest BCUT2D eigenvalue weighted by Crippen LogP contribution is 2.29. The lowest BCUT2D eigenvalue weighted by Gasteiger charge is -2.42. The van der Waals surface area contributed by atoms with Crippen LogP contribution >= 0.6 is 0 Å². The molecular formula is C13H21N3. The van der Waals surface area contributed by atoms with E-state index in [-0.39, 0.29) is 11.5 Å². The molecule has 3 nitrogen and oxygen atoms in total. The van der Waals surface area contributed by atoms with Gasteiger partial charge >= 0.3 is 0 Å². The van der Waals surface area contributed by atoms with E-state index < -0.39 is 0 Å². The van der Waals surface area contributed by atoms with Gasteiger partial charge < -0.3 is 5.73 Å². The lowest BCUT2D eigenvalue weighted by atomic mass is 9.78. The fourth-order valence-corrected chi connectivity index (χ4v) is 2.14. The minimum Gasteiger partial charge on any atom is -0.326 e. The Bertz CT molecular complexity index is 334. The van der Waals surface area contributed by atoms with E-state index in [9.17, 15) is 0 Å². The summed E-state index contributed by atoms with van der Waals surface area (Å²) in [6.07, 6.45) is 4.92. The van der Waals surface area contributed by atoms with E-state index in [1.807, 2.05) is 18.5 Å². The third kappa shape index (κ3) is 2.60. The number of hydrogen-bond donors (Lipinski definition) is 1. The van der Waals surface area contributed by atoms with Crippen molar-refractivity contribution in [1.82, 2.24) is 9.88 Å². The van der Waals surface area contributed by atoms with E-state index in [1.54, 1.807) is 0 Å². The Morgan fingerprint density at radius 2 is 2.38 bits per heavy atom. The maximum atomic E-state index is 6.20. The summed E-state index contributed by atoms with van der Waals surface area (Å²) < 4.78 is 0. The zero-order valence-electron chi connectivity index (χ0n) is 10.2. The van der Waals surface area contributed by atoms with Gasteiger partial charge in [-0.1, -0.05) is 19.9 Å². The highest BCUT2D eigenvalue weighted by Gasteiger charge is 2.32. The maximum absolute atomic E-state index is 6.20. The van der Waals surface area contributed by atoms with Crippen molar-refractivity contribution in [2.75, 3.05) is 13.1 Å². The number of nitrogens with zero attached hydrogens (tertiary/aromatic N) is 2. The van der Waals surface area contributed by atoms with Crippen molar-refractivity contribution < 1.29 is 0 Å². The van der Waals surface area contributed by atoms with Gasteiger partial charge in [0.1, 0.15) is 0 Å². The summed E-state index contributed by atoms with van der Waals surface area (Å²) in [5, 5.41) is 0. The molecule has 0 amide bonds. The average Bonchev–Trinajstić information content (AvgIpc) is 2.26. The van der Waals surface area contributed by atoms with Gasteiger partial charge in [0, 0.05) is 31.5 Å². The molecule has 1 aliphatic heterocycles. The standard InChI is InChI=1S/C13H21N3/c1-13(2)5-7-16(10-12(13)14)9-11-4-3-6-15-8-11/h3-4,6,8,12H,5,7,9-10,14H2,1-2H3. The molecule has 1 fully saturated rings. The maximum Gasteiger partial charge on any atom is 0.0312 e. The van der Waals surface area contributed by atoms with Gasteiger partial charge in [-0.3, -0.25) is 9.88 Å². The molecule has 0 aliphatic carbocycles. The van der Waals surface area contributed by atoms with Crippen molar-refractivity contribution in [2.45, 2.75) is 32.9 Å². The monoisotopic (exact) mass is 219 g/mol. The first-order valence-corrected chi connectivity index (χ1v) is 5.95. The van der Waals surface area contributed by atoms with Crippen LogP contribution in [0.2, 0.25) is 0 Å². The van der Waals surface area contributed by atoms with Crippen LogP contribution < -0.4 is 5.73 Å². The van der Waals surface area contributed by atoms with Crippen LogP contribution in [0, 0.1) is 5.41 Å². The van der Waals surface area contributed by atoms with E-state index in [0.29, 0.717) is 0 Å². The molecule has 0 bridgehead atoms. The summed E-state index contributed by atoms with van der Waals surface area (Å²) in [7, 11) is 0. The molecule has 1 aliphatic rings. The second kappa shape index (κ2) is 4.52. The zero-order chi connectivity index (χ0) is 11.6. The second-order valence-electron chi connectivity index (χ2n) is 5.44. The van der Waals surface area contributed by atoms with Crippen LogP contribution in [0.1, 0.15) is 25.8 Å². The smallest absolute Gasteiger partial charge is 0.0312 e. The number of aromatic nitrogens is 1. The van der Waals surface area contributed by atoms with E-state index in [0.717, 1.165) is 19.6 Å². The Morgan fingerprint density at radius 1 is 1.56 bits per heavy atom. The summed E-state index contributed by atoms with van der Waals surface area (Å²) in [5.74, 6) is 0. The Labute approximate surface area is 97.7 Å². The molecule has 1 aromatic rings. The second-order valence-corrected chi connectivity index (χ2v) is 5.44. The summed E-state index contributed by atoms with van der Waals surface area (Å²) >= 11 is 0. The number of piperidine rings is 1. The summed E-state index contributed by atoms with van der Waals surface area (Å²) in [5.41, 5.74) is 7.76. The Kier molecular flexibility index (Phi) is 3.26. The minimum atomic E-state index is 0.276. The summed E-state index contributed by atoms with van der Waals surface area (Å²) in [6, 6.07) is 4.39. The van der Waals surface area contributed by atoms with Crippen LogP contribution in [0.4, 0.5) is 0 Å². The lowest BCUT2D eigenvalue weighted by Crippen LogP contribution is -2.52. The molecule has 0 spiro atoms. The molecule has 2 N–H and O–H groups in total. The molecule has 16 heavy (non-hydrogen) atoms. The van der Waals surface area contributed by atoms with E-state index >= 15 is 0 Å². The van der Waals surface area contributed by atoms with Crippen molar-refractivity contribution in [3.8, 4) is 0 Å². The van der Waals surface area contributed by atoms with E-state index in [2.05, 4.69) is 29.8 Å². The predicted molar refractivity (Wildman–Crippen MR) is 65.9 cm³/mol. The van der Waals surface area contributed by atoms with Crippen LogP contribution in [-0.2, 0) is 6.54 Å². The highest BCUT2D eigenvalue weighted by atomic mass is 15.1. The quantitative estimate of drug-likeness (QED) is 0.822. The molecule has 3 heteroatoms. The Hall–Kier alpha value is -0.930. The number of hydrogen-bond acceptors (Lipinski definition) is 3. The van der Waals surface area contributed by atoms with Crippen LogP contribution in [0.3, 0.4) is 0 Å². The predicted octanol–water partition coefficient (Wildman–Crippen LogP) is 1.64. The molecule has 1 unspecified atom stereocenters. The molecule has 1 atom stereocenters. The van der Waals surface area contributed by atoms with Crippen molar-refractivity contribution >= 4 is 0 Å². The van der Waals surface area contributed by atoms with E-state index in [1.165, 1.54) is 12.0 Å². The van der Waals surface area contributed by atoms with Crippen LogP contribution in [-0.4, -0.2) is 29.0 Å². The minimum absolute atomic E-state index is 0.276. The molecule has 2 heterocycles. The third-order valence-electron chi connectivity index (χ3n) is 3.66. The van der Waals surface area contributed by atoms with Crippen molar-refractivity contribution in [2.24, 2.45) is 11.1 Å². The summed E-state index contributed by atoms with van der Waals surface area (Å²) in [6.45, 7) is 7.62. The first-order chi connectivity index (χ1) is 7.58. The fraction of sp³-hybridized carbons (Fsp3) is 0.615. The normalized spacial score (nSPS) is 25.6. The van der Waals surface area contributed by atoms with Gasteiger partial charge in [-0.25, -0.2) is 0 Å². The van der Waals surface area contributed by atoms with Gasteiger partial charge in [0.2, 0.25) is 0 Å². The first-order valence-electron chi connectivity index (χ1n) is 5.95. The Morgan fingerprint density at radius 3 is 3.00 bits per heavy atom. The lowest BCUT2D eigenvalue weighted by molar-refractivity contribution is 0.101. The molecule has 1 aromatic heterocycles. The molecule has 1 saturated heterocycles. The first kappa shape index (κ1) is 11.6. The van der Waals surface area contributed by atoms with Gasteiger partial charge in [-0.15, -0.1) is 0 Å². The zero-order valence-corrected chi connectivity index (χ0v) is 10.2. The molecular weight excluding hydrogens is 198 g/mol. The van der Waals surface area contributed by atoms with Crippen LogP contribution in [0.15, 0.2) is 24.5 Å². The van der Waals surface area contributed by atoms with Crippen molar-refractivity contribution in [3.05, 3.63) is 30.1 Å². The summed E-state index contributed by atoms with van der Waals surface area (Å²) in [4.78, 5) is 6.56. The number of pyridine rings is 1. The van der Waals surface area contributed by atoms with Crippen LogP contribution in [0.25, 0.3) is 0 Å².